The third-order valence-corrected chi connectivity index (χ3v) is 1.82. The van der Waals surface area contributed by atoms with E-state index in [-0.39, 0.29) is 0 Å². The van der Waals surface area contributed by atoms with Gasteiger partial charge in [0.25, 0.3) is 0 Å². The van der Waals surface area contributed by atoms with E-state index in [9.17, 15) is 0 Å². The smallest absolute Gasteiger partial charge is 0.126 e. The van der Waals surface area contributed by atoms with Crippen LogP contribution in [0.25, 0.3) is 0 Å². The molecule has 2 heterocycles. The maximum Gasteiger partial charge on any atom is 0.126 e. The lowest BCUT2D eigenvalue weighted by Crippen LogP contribution is -2.11. The van der Waals surface area contributed by atoms with Crippen molar-refractivity contribution < 1.29 is 0 Å². The zero-order chi connectivity index (χ0) is 7.97. The standard InChI is InChI=1S/C7H3N5/c1-2-6-7(11-12-10-6)4-3-8-9-5(1)4/h1-3H. The first-order valence-electron chi connectivity index (χ1n) is 3.48. The third kappa shape index (κ3) is 0.554. The summed E-state index contributed by atoms with van der Waals surface area (Å²) in [5.41, 5.74) is 1.69. The van der Waals surface area contributed by atoms with Crippen LogP contribution in [0.1, 0.15) is 5.56 Å². The highest BCUT2D eigenvalue weighted by atomic mass is 15.4. The average molecular weight is 157 g/mol. The fourth-order valence-electron chi connectivity index (χ4n) is 1.25. The fourth-order valence-corrected chi connectivity index (χ4v) is 1.25. The van der Waals surface area contributed by atoms with Crippen molar-refractivity contribution in [2.75, 3.05) is 0 Å². The van der Waals surface area contributed by atoms with E-state index in [2.05, 4.69) is 25.6 Å². The molecular formula is C7H3N5. The Hall–Kier alpha value is -1.91. The molecule has 0 bridgehead atoms. The van der Waals surface area contributed by atoms with E-state index in [1.807, 2.05) is 12.1 Å². The molecule has 0 unspecified atom stereocenters. The van der Waals surface area contributed by atoms with Crippen LogP contribution >= 0.6 is 0 Å². The quantitative estimate of drug-likeness (QED) is 0.519. The highest BCUT2D eigenvalue weighted by Gasteiger charge is 2.11. The van der Waals surface area contributed by atoms with Crippen molar-refractivity contribution in [3.05, 3.63) is 28.4 Å². The molecule has 0 saturated heterocycles. The van der Waals surface area contributed by atoms with Gasteiger partial charge in [-0.15, -0.1) is 10.2 Å². The molecule has 2 aliphatic rings. The van der Waals surface area contributed by atoms with Crippen LogP contribution in [0.4, 0.5) is 5.69 Å². The van der Waals surface area contributed by atoms with E-state index in [4.69, 9.17) is 0 Å². The summed E-state index contributed by atoms with van der Waals surface area (Å²) in [6, 6.07) is 3.70. The summed E-state index contributed by atoms with van der Waals surface area (Å²) >= 11 is 0. The summed E-state index contributed by atoms with van der Waals surface area (Å²) in [4.78, 5) is 0. The van der Waals surface area contributed by atoms with Crippen LogP contribution in [0.15, 0.2) is 37.8 Å². The normalized spacial score (nSPS) is 15.3. The fraction of sp³-hybridized carbons (Fsp3) is 0. The maximum absolute atomic E-state index is 3.90. The Labute approximate surface area is 66.9 Å². The van der Waals surface area contributed by atoms with Gasteiger partial charge in [-0.25, -0.2) is 0 Å². The molecule has 3 rings (SSSR count). The zero-order valence-corrected chi connectivity index (χ0v) is 5.97. The van der Waals surface area contributed by atoms with E-state index in [0.29, 0.717) is 0 Å². The van der Waals surface area contributed by atoms with Crippen LogP contribution in [0.2, 0.25) is 0 Å². The largest absolute Gasteiger partial charge is 0.158 e. The van der Waals surface area contributed by atoms with E-state index < -0.39 is 0 Å². The minimum absolute atomic E-state index is 0.775. The average Bonchev–Trinajstić information content (AvgIpc) is 2.71. The second kappa shape index (κ2) is 1.82. The molecule has 1 aromatic rings. The molecule has 0 saturated carbocycles. The van der Waals surface area contributed by atoms with Gasteiger partial charge in [0.2, 0.25) is 0 Å². The van der Waals surface area contributed by atoms with Crippen LogP contribution in [-0.2, 0) is 0 Å². The molecule has 56 valence electrons. The van der Waals surface area contributed by atoms with E-state index in [1.165, 1.54) is 0 Å². The minimum Gasteiger partial charge on any atom is -0.158 e. The number of fused-ring (bicyclic) bond motifs is 3. The first-order valence-corrected chi connectivity index (χ1v) is 3.48. The molecule has 0 spiro atoms. The molecule has 5 nitrogen and oxygen atoms in total. The minimum atomic E-state index is 0.775. The second-order valence-electron chi connectivity index (χ2n) is 2.50. The van der Waals surface area contributed by atoms with Gasteiger partial charge in [-0.2, -0.15) is 10.2 Å². The van der Waals surface area contributed by atoms with Crippen molar-refractivity contribution in [2.45, 2.75) is 0 Å². The number of hydrogen-bond acceptors (Lipinski definition) is 5. The molecule has 12 heavy (non-hydrogen) atoms. The lowest BCUT2D eigenvalue weighted by Gasteiger charge is -1.89. The predicted octanol–water partition coefficient (Wildman–Crippen LogP) is 0.286. The number of rotatable bonds is 0. The second-order valence-corrected chi connectivity index (χ2v) is 2.50. The zero-order valence-electron chi connectivity index (χ0n) is 5.97. The van der Waals surface area contributed by atoms with Crippen molar-refractivity contribution in [2.24, 2.45) is 25.6 Å². The molecule has 5 heteroatoms. The summed E-state index contributed by atoms with van der Waals surface area (Å²) in [6.07, 6.45) is 1.67. The Morgan fingerprint density at radius 1 is 1.00 bits per heavy atom. The summed E-state index contributed by atoms with van der Waals surface area (Å²) in [5, 5.41) is 20.6. The van der Waals surface area contributed by atoms with Crippen molar-refractivity contribution in [3.8, 4) is 0 Å². The molecule has 0 atom stereocenters. The molecule has 0 radical (unpaired) electrons. The molecule has 1 aromatic carbocycles. The Morgan fingerprint density at radius 3 is 2.92 bits per heavy atom. The Morgan fingerprint density at radius 2 is 1.92 bits per heavy atom. The highest BCUT2D eigenvalue weighted by Crippen LogP contribution is 2.13. The highest BCUT2D eigenvalue weighted by molar-refractivity contribution is 5.87. The van der Waals surface area contributed by atoms with Gasteiger partial charge >= 0.3 is 0 Å². The third-order valence-electron chi connectivity index (χ3n) is 1.82. The van der Waals surface area contributed by atoms with Gasteiger partial charge < -0.3 is 0 Å². The lowest BCUT2D eigenvalue weighted by atomic mass is 10.2. The van der Waals surface area contributed by atoms with Crippen molar-refractivity contribution in [1.29, 1.82) is 0 Å². The van der Waals surface area contributed by atoms with Crippen molar-refractivity contribution in [1.82, 2.24) is 0 Å². The first-order chi connectivity index (χ1) is 5.95. The number of nitrogens with zero attached hydrogens (tertiary/aromatic N) is 5. The van der Waals surface area contributed by atoms with Gasteiger partial charge in [0.1, 0.15) is 11.0 Å². The summed E-state index contributed by atoms with van der Waals surface area (Å²) in [7, 11) is 0. The van der Waals surface area contributed by atoms with Crippen LogP contribution in [0, 0.1) is 0 Å². The van der Waals surface area contributed by atoms with Crippen molar-refractivity contribution >= 4 is 11.9 Å². The van der Waals surface area contributed by atoms with E-state index in [0.717, 1.165) is 22.0 Å². The van der Waals surface area contributed by atoms with Gasteiger partial charge in [0, 0.05) is 0 Å². The summed E-state index contributed by atoms with van der Waals surface area (Å²) in [6.45, 7) is 0. The summed E-state index contributed by atoms with van der Waals surface area (Å²) < 4.78 is 0. The molecule has 0 fully saturated rings. The Kier molecular flexibility index (Phi) is 0.864. The lowest BCUT2D eigenvalue weighted by molar-refractivity contribution is 1.08. The van der Waals surface area contributed by atoms with Crippen LogP contribution in [-0.4, -0.2) is 6.21 Å². The van der Waals surface area contributed by atoms with Crippen LogP contribution < -0.4 is 10.7 Å². The monoisotopic (exact) mass is 157 g/mol. The molecule has 0 aliphatic carbocycles. The topological polar surface area (TPSA) is 61.8 Å². The maximum atomic E-state index is 3.90. The first kappa shape index (κ1) is 5.70. The van der Waals surface area contributed by atoms with Crippen molar-refractivity contribution in [3.63, 3.8) is 0 Å². The number of benzene rings is 1. The van der Waals surface area contributed by atoms with Crippen LogP contribution in [0.3, 0.4) is 0 Å². The van der Waals surface area contributed by atoms with E-state index in [1.54, 1.807) is 6.21 Å². The Balaban J connectivity index is 2.57. The van der Waals surface area contributed by atoms with Crippen LogP contribution in [0.5, 0.6) is 0 Å². The summed E-state index contributed by atoms with van der Waals surface area (Å²) in [5.74, 6) is 0. The van der Waals surface area contributed by atoms with Gasteiger partial charge in [-0.1, -0.05) is 0 Å². The van der Waals surface area contributed by atoms with Gasteiger partial charge in [0.05, 0.1) is 17.1 Å². The van der Waals surface area contributed by atoms with Gasteiger partial charge in [-0.3, -0.25) is 0 Å². The molecular weight excluding hydrogens is 154 g/mol. The van der Waals surface area contributed by atoms with Gasteiger partial charge in [-0.05, 0) is 17.4 Å². The molecule has 0 N–H and O–H groups in total. The predicted molar refractivity (Wildman–Crippen MR) is 40.9 cm³/mol. The van der Waals surface area contributed by atoms with Gasteiger partial charge in [0.15, 0.2) is 0 Å². The molecule has 2 aliphatic heterocycles. The Bertz CT molecular complexity index is 476. The number of hydrogen-bond donors (Lipinski definition) is 0. The SMILES string of the molecule is C1=NN=c2ccc3c(c21)N=NN=3. The molecule has 0 amide bonds. The molecule has 0 aromatic heterocycles. The van der Waals surface area contributed by atoms with E-state index >= 15 is 0 Å².